The quantitative estimate of drug-likeness (QED) is 0.835. The number of hydrogen-bond donors (Lipinski definition) is 1. The molecule has 2 N–H and O–H groups in total. The van der Waals surface area contributed by atoms with Crippen LogP contribution in [-0.2, 0) is 11.3 Å². The minimum atomic E-state index is 0.334. The highest BCUT2D eigenvalue weighted by Gasteiger charge is 2.28. The van der Waals surface area contributed by atoms with Gasteiger partial charge in [-0.2, -0.15) is 5.26 Å². The van der Waals surface area contributed by atoms with Crippen LogP contribution in [0.25, 0.3) is 0 Å². The van der Waals surface area contributed by atoms with Gasteiger partial charge in [0, 0.05) is 0 Å². The van der Waals surface area contributed by atoms with Crippen molar-refractivity contribution in [3.63, 3.8) is 0 Å². The SMILES string of the molecule is N#Cc1ccccc1COC1CC(CN)C1. The van der Waals surface area contributed by atoms with Gasteiger partial charge in [-0.05, 0) is 36.9 Å². The second kappa shape index (κ2) is 5.11. The van der Waals surface area contributed by atoms with Crippen LogP contribution in [0.2, 0.25) is 0 Å². The largest absolute Gasteiger partial charge is 0.373 e. The summed E-state index contributed by atoms with van der Waals surface area (Å²) >= 11 is 0. The highest BCUT2D eigenvalue weighted by molar-refractivity contribution is 5.36. The van der Waals surface area contributed by atoms with Crippen molar-refractivity contribution in [1.82, 2.24) is 0 Å². The molecule has 0 unspecified atom stereocenters. The molecule has 2 rings (SSSR count). The number of rotatable bonds is 4. The fraction of sp³-hybridized carbons (Fsp3) is 0.462. The first-order chi connectivity index (χ1) is 7.83. The molecule has 0 aromatic heterocycles. The van der Waals surface area contributed by atoms with E-state index in [1.165, 1.54) is 0 Å². The number of benzene rings is 1. The van der Waals surface area contributed by atoms with Crippen LogP contribution < -0.4 is 5.73 Å². The van der Waals surface area contributed by atoms with Gasteiger partial charge in [-0.3, -0.25) is 0 Å². The Balaban J connectivity index is 1.84. The van der Waals surface area contributed by atoms with Crippen LogP contribution in [-0.4, -0.2) is 12.6 Å². The minimum absolute atomic E-state index is 0.334. The van der Waals surface area contributed by atoms with Crippen LogP contribution in [0.5, 0.6) is 0 Å². The maximum Gasteiger partial charge on any atom is 0.0995 e. The fourth-order valence-corrected chi connectivity index (χ4v) is 1.97. The summed E-state index contributed by atoms with van der Waals surface area (Å²) in [6.45, 7) is 1.29. The van der Waals surface area contributed by atoms with E-state index in [1.54, 1.807) is 0 Å². The summed E-state index contributed by atoms with van der Waals surface area (Å²) in [7, 11) is 0. The molecule has 1 aliphatic rings. The maximum atomic E-state index is 8.91. The predicted octanol–water partition coefficient (Wildman–Crippen LogP) is 1.81. The summed E-state index contributed by atoms with van der Waals surface area (Å²) in [5.41, 5.74) is 7.23. The molecule has 0 amide bonds. The molecule has 3 heteroatoms. The van der Waals surface area contributed by atoms with Crippen LogP contribution in [0, 0.1) is 17.2 Å². The zero-order valence-electron chi connectivity index (χ0n) is 9.23. The summed E-state index contributed by atoms with van der Waals surface area (Å²) in [6.07, 6.45) is 2.46. The Bertz CT molecular complexity index is 391. The Morgan fingerprint density at radius 3 is 2.81 bits per heavy atom. The smallest absolute Gasteiger partial charge is 0.0995 e. The second-order valence-electron chi connectivity index (χ2n) is 4.28. The van der Waals surface area contributed by atoms with Crippen molar-refractivity contribution in [2.45, 2.75) is 25.6 Å². The Morgan fingerprint density at radius 1 is 1.38 bits per heavy atom. The van der Waals surface area contributed by atoms with Crippen molar-refractivity contribution in [1.29, 1.82) is 5.26 Å². The average Bonchev–Trinajstić information content (AvgIpc) is 2.28. The van der Waals surface area contributed by atoms with E-state index in [4.69, 9.17) is 15.7 Å². The molecule has 1 saturated carbocycles. The summed E-state index contributed by atoms with van der Waals surface area (Å²) in [5, 5.41) is 8.91. The van der Waals surface area contributed by atoms with E-state index >= 15 is 0 Å². The number of nitrogens with two attached hydrogens (primary N) is 1. The molecule has 1 fully saturated rings. The van der Waals surface area contributed by atoms with Gasteiger partial charge in [-0.1, -0.05) is 18.2 Å². The summed E-state index contributed by atoms with van der Waals surface area (Å²) in [6, 6.07) is 9.74. The van der Waals surface area contributed by atoms with Gasteiger partial charge in [0.05, 0.1) is 24.3 Å². The maximum absolute atomic E-state index is 8.91. The van der Waals surface area contributed by atoms with Crippen LogP contribution in [0.1, 0.15) is 24.0 Å². The Kier molecular flexibility index (Phi) is 3.55. The first-order valence-corrected chi connectivity index (χ1v) is 5.63. The van der Waals surface area contributed by atoms with E-state index < -0.39 is 0 Å². The first-order valence-electron chi connectivity index (χ1n) is 5.63. The zero-order chi connectivity index (χ0) is 11.4. The average molecular weight is 216 g/mol. The number of hydrogen-bond acceptors (Lipinski definition) is 3. The van der Waals surface area contributed by atoms with E-state index in [2.05, 4.69) is 6.07 Å². The van der Waals surface area contributed by atoms with Crippen LogP contribution in [0.4, 0.5) is 0 Å². The summed E-state index contributed by atoms with van der Waals surface area (Å²) in [4.78, 5) is 0. The highest BCUT2D eigenvalue weighted by atomic mass is 16.5. The van der Waals surface area contributed by atoms with Gasteiger partial charge in [-0.15, -0.1) is 0 Å². The molecule has 0 radical (unpaired) electrons. The normalized spacial score (nSPS) is 23.5. The number of ether oxygens (including phenoxy) is 1. The van der Waals surface area contributed by atoms with Crippen molar-refractivity contribution in [3.8, 4) is 6.07 Å². The van der Waals surface area contributed by atoms with E-state index in [1.807, 2.05) is 24.3 Å². The third-order valence-corrected chi connectivity index (χ3v) is 3.14. The van der Waals surface area contributed by atoms with Gasteiger partial charge in [0.15, 0.2) is 0 Å². The third-order valence-electron chi connectivity index (χ3n) is 3.14. The molecule has 0 bridgehead atoms. The zero-order valence-corrected chi connectivity index (χ0v) is 9.23. The Labute approximate surface area is 95.8 Å². The monoisotopic (exact) mass is 216 g/mol. The lowest BCUT2D eigenvalue weighted by atomic mass is 9.82. The molecule has 0 spiro atoms. The first kappa shape index (κ1) is 11.1. The van der Waals surface area contributed by atoms with Gasteiger partial charge in [-0.25, -0.2) is 0 Å². The highest BCUT2D eigenvalue weighted by Crippen LogP contribution is 2.29. The van der Waals surface area contributed by atoms with E-state index in [9.17, 15) is 0 Å². The van der Waals surface area contributed by atoms with Crippen molar-refractivity contribution < 1.29 is 4.74 Å². The molecule has 0 aliphatic heterocycles. The van der Waals surface area contributed by atoms with E-state index in [0.717, 1.165) is 24.9 Å². The van der Waals surface area contributed by atoms with Gasteiger partial charge in [0.1, 0.15) is 0 Å². The van der Waals surface area contributed by atoms with Gasteiger partial charge in [0.2, 0.25) is 0 Å². The molecule has 0 saturated heterocycles. The Morgan fingerprint density at radius 2 is 2.12 bits per heavy atom. The standard InChI is InChI=1S/C13H16N2O/c14-7-10-5-13(6-10)16-9-12-4-2-1-3-11(12)8-15/h1-4,10,13H,5-7,9,14H2. The molecule has 0 heterocycles. The summed E-state index contributed by atoms with van der Waals surface area (Å²) in [5.74, 6) is 0.635. The van der Waals surface area contributed by atoms with Gasteiger partial charge in [0.25, 0.3) is 0 Å². The van der Waals surface area contributed by atoms with Crippen LogP contribution in [0.15, 0.2) is 24.3 Å². The van der Waals surface area contributed by atoms with Gasteiger partial charge >= 0.3 is 0 Å². The number of nitrogens with zero attached hydrogens (tertiary/aromatic N) is 1. The minimum Gasteiger partial charge on any atom is -0.373 e. The lowest BCUT2D eigenvalue weighted by Crippen LogP contribution is -2.35. The lowest BCUT2D eigenvalue weighted by Gasteiger charge is -2.34. The van der Waals surface area contributed by atoms with Crippen molar-refractivity contribution in [3.05, 3.63) is 35.4 Å². The van der Waals surface area contributed by atoms with E-state index in [-0.39, 0.29) is 0 Å². The topological polar surface area (TPSA) is 59.0 Å². The molecular weight excluding hydrogens is 200 g/mol. The van der Waals surface area contributed by atoms with Gasteiger partial charge < -0.3 is 10.5 Å². The number of nitriles is 1. The summed E-state index contributed by atoms with van der Waals surface area (Å²) < 4.78 is 5.73. The second-order valence-corrected chi connectivity index (χ2v) is 4.28. The molecule has 1 aromatic carbocycles. The van der Waals surface area contributed by atoms with Crippen molar-refractivity contribution >= 4 is 0 Å². The van der Waals surface area contributed by atoms with Crippen molar-refractivity contribution in [2.24, 2.45) is 11.7 Å². The fourth-order valence-electron chi connectivity index (χ4n) is 1.97. The van der Waals surface area contributed by atoms with Crippen molar-refractivity contribution in [2.75, 3.05) is 6.54 Å². The lowest BCUT2D eigenvalue weighted by molar-refractivity contribution is -0.0376. The third kappa shape index (κ3) is 2.41. The molecule has 0 atom stereocenters. The molecule has 3 nitrogen and oxygen atoms in total. The molecule has 1 aromatic rings. The predicted molar refractivity (Wildman–Crippen MR) is 61.5 cm³/mol. The van der Waals surface area contributed by atoms with Crippen LogP contribution >= 0.6 is 0 Å². The molecule has 84 valence electrons. The molecule has 16 heavy (non-hydrogen) atoms. The molecular formula is C13H16N2O. The van der Waals surface area contributed by atoms with E-state index in [0.29, 0.717) is 24.2 Å². The van der Waals surface area contributed by atoms with Crippen LogP contribution in [0.3, 0.4) is 0 Å². The molecule has 1 aliphatic carbocycles. The Hall–Kier alpha value is -1.37.